The van der Waals surface area contributed by atoms with E-state index in [0.29, 0.717) is 5.69 Å². The largest absolute Gasteiger partial charge is 0.338 e. The van der Waals surface area contributed by atoms with Crippen molar-refractivity contribution >= 4 is 27.6 Å². The molecule has 1 saturated heterocycles. The topological polar surface area (TPSA) is 104 Å². The third-order valence-electron chi connectivity index (χ3n) is 3.91. The van der Waals surface area contributed by atoms with Crippen molar-refractivity contribution in [2.45, 2.75) is 51.3 Å². The summed E-state index contributed by atoms with van der Waals surface area (Å²) >= 11 is 0. The Morgan fingerprint density at radius 3 is 2.08 bits per heavy atom. The van der Waals surface area contributed by atoms with Gasteiger partial charge in [-0.25, -0.2) is 17.9 Å². The molecule has 1 unspecified atom stereocenters. The van der Waals surface area contributed by atoms with Crippen molar-refractivity contribution in [1.29, 1.82) is 0 Å². The molecule has 0 radical (unpaired) electrons. The van der Waals surface area contributed by atoms with Crippen LogP contribution in [0.25, 0.3) is 0 Å². The number of rotatable bonds is 5. The van der Waals surface area contributed by atoms with E-state index in [0.717, 1.165) is 11.1 Å². The summed E-state index contributed by atoms with van der Waals surface area (Å²) in [5, 5.41) is 3.86. The fraction of sp³-hybridized carbons (Fsp3) is 0.500. The quantitative estimate of drug-likeness (QED) is 0.706. The Hall–Kier alpha value is -2.09. The molecule has 1 atom stereocenters. The molecule has 1 fully saturated rings. The molecular weight excluding hydrogens is 330 g/mol. The lowest BCUT2D eigenvalue weighted by Crippen LogP contribution is -2.57. The molecule has 7 nitrogen and oxygen atoms in total. The SMILES string of the molecule is CC(C)c1cccc(C(C)C)c1NC(=O)NS(=O)(=O)C1CC(=O)N1. The van der Waals surface area contributed by atoms with Crippen LogP contribution in [0.2, 0.25) is 0 Å². The molecule has 1 aliphatic heterocycles. The Kier molecular flexibility index (Phi) is 5.17. The van der Waals surface area contributed by atoms with Gasteiger partial charge in [-0.05, 0) is 23.0 Å². The zero-order valence-corrected chi connectivity index (χ0v) is 15.0. The number of carbonyl (C=O) groups excluding carboxylic acids is 2. The molecule has 8 heteroatoms. The lowest BCUT2D eigenvalue weighted by molar-refractivity contribution is -0.126. The van der Waals surface area contributed by atoms with E-state index in [1.165, 1.54) is 0 Å². The predicted octanol–water partition coefficient (Wildman–Crippen LogP) is 2.23. The standard InChI is InChI=1S/C16H23N3O4S/c1-9(2)11-6-5-7-12(10(3)4)15(11)18-16(21)19-24(22,23)14-8-13(20)17-14/h5-7,9-10,14H,8H2,1-4H3,(H,17,20)(H2,18,19,21). The van der Waals surface area contributed by atoms with Crippen molar-refractivity contribution in [1.82, 2.24) is 10.0 Å². The van der Waals surface area contributed by atoms with Crippen LogP contribution in [0.15, 0.2) is 18.2 Å². The summed E-state index contributed by atoms with van der Waals surface area (Å²) in [5.74, 6) is -0.0129. The Bertz CT molecular complexity index is 722. The molecule has 0 saturated carbocycles. The van der Waals surface area contributed by atoms with Crippen molar-refractivity contribution in [2.24, 2.45) is 0 Å². The summed E-state index contributed by atoms with van der Waals surface area (Å²) in [5.41, 5.74) is 2.50. The first kappa shape index (κ1) is 18.3. The van der Waals surface area contributed by atoms with E-state index in [4.69, 9.17) is 0 Å². The normalized spacial score (nSPS) is 17.4. The molecule has 1 aromatic carbocycles. The monoisotopic (exact) mass is 353 g/mol. The Morgan fingerprint density at radius 1 is 1.17 bits per heavy atom. The minimum absolute atomic E-state index is 0.136. The maximum atomic E-state index is 12.2. The fourth-order valence-corrected chi connectivity index (χ4v) is 3.66. The third-order valence-corrected chi connectivity index (χ3v) is 5.42. The van der Waals surface area contributed by atoms with Crippen molar-refractivity contribution in [3.05, 3.63) is 29.3 Å². The van der Waals surface area contributed by atoms with Crippen LogP contribution in [0.5, 0.6) is 0 Å². The average Bonchev–Trinajstić information content (AvgIpc) is 2.42. The van der Waals surface area contributed by atoms with Crippen LogP contribution in [-0.2, 0) is 14.8 Å². The van der Waals surface area contributed by atoms with Crippen molar-refractivity contribution in [2.75, 3.05) is 5.32 Å². The molecule has 3 N–H and O–H groups in total. The molecule has 0 aromatic heterocycles. The van der Waals surface area contributed by atoms with Gasteiger partial charge in [0.1, 0.15) is 0 Å². The summed E-state index contributed by atoms with van der Waals surface area (Å²) in [6.07, 6.45) is -0.136. The summed E-state index contributed by atoms with van der Waals surface area (Å²) < 4.78 is 26.0. The molecule has 0 aliphatic carbocycles. The van der Waals surface area contributed by atoms with Gasteiger partial charge in [-0.1, -0.05) is 45.9 Å². The number of anilines is 1. The molecule has 1 aromatic rings. The first-order valence-corrected chi connectivity index (χ1v) is 9.41. The summed E-state index contributed by atoms with van der Waals surface area (Å²) in [6.45, 7) is 8.01. The van der Waals surface area contributed by atoms with E-state index < -0.39 is 21.4 Å². The summed E-state index contributed by atoms with van der Waals surface area (Å²) in [4.78, 5) is 23.1. The third kappa shape index (κ3) is 3.87. The van der Waals surface area contributed by atoms with Crippen LogP contribution in [0.1, 0.15) is 57.1 Å². The van der Waals surface area contributed by atoms with Crippen molar-refractivity contribution in [3.8, 4) is 0 Å². The smallest absolute Gasteiger partial charge is 0.332 e. The average molecular weight is 353 g/mol. The number of para-hydroxylation sites is 1. The van der Waals surface area contributed by atoms with E-state index in [2.05, 4.69) is 10.6 Å². The zero-order chi connectivity index (χ0) is 18.1. The van der Waals surface area contributed by atoms with Crippen LogP contribution >= 0.6 is 0 Å². The van der Waals surface area contributed by atoms with Gasteiger partial charge >= 0.3 is 6.03 Å². The summed E-state index contributed by atoms with van der Waals surface area (Å²) in [6, 6.07) is 4.92. The van der Waals surface area contributed by atoms with Gasteiger partial charge in [0.25, 0.3) is 10.0 Å². The number of carbonyl (C=O) groups is 2. The van der Waals surface area contributed by atoms with Crippen LogP contribution in [0.4, 0.5) is 10.5 Å². The molecule has 3 amide bonds. The number of hydrogen-bond acceptors (Lipinski definition) is 4. The molecular formula is C16H23N3O4S. The first-order valence-electron chi connectivity index (χ1n) is 7.86. The fourth-order valence-electron chi connectivity index (χ4n) is 2.55. The number of sulfonamides is 1. The maximum absolute atomic E-state index is 12.2. The molecule has 2 rings (SSSR count). The highest BCUT2D eigenvalue weighted by atomic mass is 32.2. The molecule has 132 valence electrons. The van der Waals surface area contributed by atoms with Gasteiger partial charge in [-0.15, -0.1) is 0 Å². The second-order valence-corrected chi connectivity index (χ2v) is 8.35. The second kappa shape index (κ2) is 6.80. The number of benzene rings is 1. The first-order chi connectivity index (χ1) is 11.1. The van der Waals surface area contributed by atoms with Crippen LogP contribution in [0.3, 0.4) is 0 Å². The van der Waals surface area contributed by atoms with Gasteiger partial charge in [-0.3, -0.25) is 4.79 Å². The minimum atomic E-state index is -3.94. The van der Waals surface area contributed by atoms with Gasteiger partial charge < -0.3 is 10.6 Å². The van der Waals surface area contributed by atoms with Crippen molar-refractivity contribution < 1.29 is 18.0 Å². The number of hydrogen-bond donors (Lipinski definition) is 3. The molecule has 24 heavy (non-hydrogen) atoms. The van der Waals surface area contributed by atoms with E-state index in [-0.39, 0.29) is 24.2 Å². The number of nitrogens with one attached hydrogen (secondary N) is 3. The Morgan fingerprint density at radius 2 is 1.67 bits per heavy atom. The second-order valence-electron chi connectivity index (χ2n) is 6.48. The van der Waals surface area contributed by atoms with E-state index in [1.54, 1.807) is 0 Å². The highest BCUT2D eigenvalue weighted by molar-refractivity contribution is 7.90. The number of urea groups is 1. The van der Waals surface area contributed by atoms with Gasteiger partial charge in [0.15, 0.2) is 5.37 Å². The zero-order valence-electron chi connectivity index (χ0n) is 14.2. The van der Waals surface area contributed by atoms with Crippen molar-refractivity contribution in [3.63, 3.8) is 0 Å². The molecule has 0 bridgehead atoms. The van der Waals surface area contributed by atoms with Gasteiger partial charge in [0.2, 0.25) is 5.91 Å². The molecule has 1 aliphatic rings. The lowest BCUT2D eigenvalue weighted by Gasteiger charge is -2.27. The minimum Gasteiger partial charge on any atom is -0.338 e. The maximum Gasteiger partial charge on any atom is 0.332 e. The highest BCUT2D eigenvalue weighted by Crippen LogP contribution is 2.32. The number of β-lactam (4-membered cyclic amide) rings is 1. The van der Waals surface area contributed by atoms with E-state index >= 15 is 0 Å². The van der Waals surface area contributed by atoms with Crippen LogP contribution in [-0.4, -0.2) is 25.7 Å². The van der Waals surface area contributed by atoms with Crippen LogP contribution in [0, 0.1) is 0 Å². The Balaban J connectivity index is 2.21. The van der Waals surface area contributed by atoms with Gasteiger partial charge in [-0.2, -0.15) is 0 Å². The highest BCUT2D eigenvalue weighted by Gasteiger charge is 2.38. The Labute approximate surface area is 142 Å². The van der Waals surface area contributed by atoms with Gasteiger partial charge in [0, 0.05) is 5.69 Å². The molecule has 0 spiro atoms. The number of amides is 3. The van der Waals surface area contributed by atoms with Gasteiger partial charge in [0.05, 0.1) is 6.42 Å². The summed E-state index contributed by atoms with van der Waals surface area (Å²) in [7, 11) is -3.94. The molecule has 1 heterocycles. The predicted molar refractivity (Wildman–Crippen MR) is 92.2 cm³/mol. The lowest BCUT2D eigenvalue weighted by atomic mass is 9.93. The van der Waals surface area contributed by atoms with E-state index in [1.807, 2.05) is 50.6 Å². The van der Waals surface area contributed by atoms with Crippen LogP contribution < -0.4 is 15.4 Å². The van der Waals surface area contributed by atoms with E-state index in [9.17, 15) is 18.0 Å².